The molecule has 1 saturated heterocycles. The molecule has 0 radical (unpaired) electrons. The first-order chi connectivity index (χ1) is 14.8. The number of benzene rings is 2. The third-order valence-electron chi connectivity index (χ3n) is 5.93. The highest BCUT2D eigenvalue weighted by Gasteiger charge is 2.47. The molecule has 0 saturated carbocycles. The van der Waals surface area contributed by atoms with E-state index in [1.54, 1.807) is 13.8 Å². The fourth-order valence-corrected chi connectivity index (χ4v) is 5.47. The number of carbonyl (C=O) groups is 1. The van der Waals surface area contributed by atoms with Gasteiger partial charge in [0.05, 0.1) is 21.4 Å². The Morgan fingerprint density at radius 1 is 1.09 bits per heavy atom. The van der Waals surface area contributed by atoms with Crippen molar-refractivity contribution in [2.75, 3.05) is 6.54 Å². The molecule has 0 aromatic heterocycles. The van der Waals surface area contributed by atoms with Crippen LogP contribution >= 0.6 is 0 Å². The number of hydrogen-bond donors (Lipinski definition) is 1. The summed E-state index contributed by atoms with van der Waals surface area (Å²) in [4.78, 5) is 13.5. The molecule has 1 N–H and O–H groups in total. The number of halogens is 3. The lowest BCUT2D eigenvalue weighted by Gasteiger charge is -2.45. The highest BCUT2D eigenvalue weighted by atomic mass is 32.2. The van der Waals surface area contributed by atoms with Crippen molar-refractivity contribution in [3.63, 3.8) is 0 Å². The summed E-state index contributed by atoms with van der Waals surface area (Å²) in [5.74, 6) is 0.199. The Labute approximate surface area is 183 Å². The zero-order valence-corrected chi connectivity index (χ0v) is 18.2. The van der Waals surface area contributed by atoms with E-state index < -0.39 is 39.3 Å². The number of aliphatic hydroxyl groups excluding tert-OH is 1. The van der Waals surface area contributed by atoms with Crippen molar-refractivity contribution in [2.24, 2.45) is 0 Å². The van der Waals surface area contributed by atoms with Gasteiger partial charge in [0, 0.05) is 18.5 Å². The molecule has 2 atom stereocenters. The summed E-state index contributed by atoms with van der Waals surface area (Å²) in [5, 5.41) is 11.0. The van der Waals surface area contributed by atoms with Crippen molar-refractivity contribution in [1.82, 2.24) is 4.90 Å². The molecule has 6 nitrogen and oxygen atoms in total. The minimum Gasteiger partial charge on any atom is -0.485 e. The van der Waals surface area contributed by atoms with Gasteiger partial charge in [0.15, 0.2) is 0 Å². The minimum absolute atomic E-state index is 0.145. The number of sulfone groups is 1. The zero-order valence-electron chi connectivity index (χ0n) is 17.4. The molecule has 2 aliphatic rings. The Hall–Kier alpha value is -2.59. The average molecular weight is 469 g/mol. The quantitative estimate of drug-likeness (QED) is 0.741. The van der Waals surface area contributed by atoms with Crippen molar-refractivity contribution < 1.29 is 36.2 Å². The molecule has 2 aliphatic heterocycles. The van der Waals surface area contributed by atoms with Gasteiger partial charge in [-0.2, -0.15) is 13.2 Å². The number of fused-ring (bicyclic) bond motifs is 1. The first-order valence-corrected chi connectivity index (χ1v) is 11.5. The van der Waals surface area contributed by atoms with Crippen LogP contribution in [-0.2, 0) is 20.8 Å². The van der Waals surface area contributed by atoms with E-state index >= 15 is 0 Å². The second-order valence-corrected chi connectivity index (χ2v) is 10.5. The Balaban J connectivity index is 1.78. The summed E-state index contributed by atoms with van der Waals surface area (Å²) >= 11 is 0. The summed E-state index contributed by atoms with van der Waals surface area (Å²) in [6, 6.07) is 6.54. The standard InChI is InChI=1S/C22H22F3NO5S/c1-21(2)20(28)19(26-11-3-4-18(26)27)16-12-15(9-10-17(16)31-21)32(29,30)14-7-5-13(6-8-14)22(23,24)25/h5-10,12,19-20,28H,3-4,11H2,1-2H3/t19-,20+/m1/s1. The van der Waals surface area contributed by atoms with Gasteiger partial charge in [0.1, 0.15) is 17.5 Å². The minimum atomic E-state index is -4.58. The zero-order chi connectivity index (χ0) is 23.5. The van der Waals surface area contributed by atoms with E-state index in [9.17, 15) is 31.5 Å². The van der Waals surface area contributed by atoms with Crippen LogP contribution in [0, 0.1) is 0 Å². The van der Waals surface area contributed by atoms with Crippen molar-refractivity contribution in [3.8, 4) is 5.75 Å². The van der Waals surface area contributed by atoms with Crippen LogP contribution < -0.4 is 4.74 Å². The van der Waals surface area contributed by atoms with E-state index in [4.69, 9.17) is 4.74 Å². The number of nitrogens with zero attached hydrogens (tertiary/aromatic N) is 1. The maximum absolute atomic E-state index is 13.1. The summed E-state index contributed by atoms with van der Waals surface area (Å²) < 4.78 is 70.6. The summed E-state index contributed by atoms with van der Waals surface area (Å²) in [5.41, 5.74) is -1.62. The Morgan fingerprint density at radius 2 is 1.72 bits per heavy atom. The number of rotatable bonds is 3. The number of aliphatic hydroxyl groups is 1. The average Bonchev–Trinajstić information content (AvgIpc) is 3.13. The van der Waals surface area contributed by atoms with E-state index in [-0.39, 0.29) is 15.7 Å². The van der Waals surface area contributed by atoms with Gasteiger partial charge in [-0.25, -0.2) is 8.42 Å². The third kappa shape index (κ3) is 3.75. The largest absolute Gasteiger partial charge is 0.485 e. The Morgan fingerprint density at radius 3 is 2.28 bits per heavy atom. The smallest absolute Gasteiger partial charge is 0.416 e. The van der Waals surface area contributed by atoms with Crippen molar-refractivity contribution in [1.29, 1.82) is 0 Å². The molecule has 1 amide bonds. The number of alkyl halides is 3. The first-order valence-electron chi connectivity index (χ1n) is 10.1. The summed E-state index contributed by atoms with van der Waals surface area (Å²) in [6.07, 6.45) is -4.73. The molecule has 32 heavy (non-hydrogen) atoms. The Bertz CT molecular complexity index is 1160. The van der Waals surface area contributed by atoms with Crippen molar-refractivity contribution in [3.05, 3.63) is 53.6 Å². The molecule has 0 aliphatic carbocycles. The lowest BCUT2D eigenvalue weighted by atomic mass is 9.85. The van der Waals surface area contributed by atoms with Gasteiger partial charge in [-0.1, -0.05) is 0 Å². The number of likely N-dealkylation sites (tertiary alicyclic amines) is 1. The molecular formula is C22H22F3NO5S. The van der Waals surface area contributed by atoms with E-state index in [1.165, 1.54) is 23.1 Å². The molecule has 1 fully saturated rings. The van der Waals surface area contributed by atoms with Crippen LogP contribution in [0.5, 0.6) is 5.75 Å². The second kappa shape index (κ2) is 7.48. The van der Waals surface area contributed by atoms with Crippen molar-refractivity contribution in [2.45, 2.75) is 60.4 Å². The van der Waals surface area contributed by atoms with Gasteiger partial charge >= 0.3 is 6.18 Å². The van der Waals surface area contributed by atoms with Crippen LogP contribution in [0.15, 0.2) is 52.3 Å². The van der Waals surface area contributed by atoms with Gasteiger partial charge in [0.2, 0.25) is 15.7 Å². The fraction of sp³-hybridized carbons (Fsp3) is 0.409. The van der Waals surface area contributed by atoms with E-state index in [0.717, 1.165) is 12.1 Å². The molecular weight excluding hydrogens is 447 g/mol. The molecule has 2 heterocycles. The maximum atomic E-state index is 13.1. The second-order valence-electron chi connectivity index (χ2n) is 8.51. The predicted octanol–water partition coefficient (Wildman–Crippen LogP) is 3.73. The van der Waals surface area contributed by atoms with E-state index in [2.05, 4.69) is 0 Å². The molecule has 10 heteroatoms. The van der Waals surface area contributed by atoms with Gasteiger partial charge in [0.25, 0.3) is 0 Å². The monoisotopic (exact) mass is 469 g/mol. The lowest BCUT2D eigenvalue weighted by Crippen LogP contribution is -2.53. The van der Waals surface area contributed by atoms with E-state index in [0.29, 0.717) is 42.8 Å². The normalized spacial score (nSPS) is 23.1. The molecule has 4 rings (SSSR count). The van der Waals surface area contributed by atoms with Crippen molar-refractivity contribution >= 4 is 15.7 Å². The van der Waals surface area contributed by atoms with Gasteiger partial charge in [-0.05, 0) is 62.7 Å². The third-order valence-corrected chi connectivity index (χ3v) is 7.70. The van der Waals surface area contributed by atoms with Crippen LogP contribution in [0.1, 0.15) is 43.9 Å². The molecule has 2 aromatic rings. The summed E-state index contributed by atoms with van der Waals surface area (Å²) in [6.45, 7) is 3.79. The summed E-state index contributed by atoms with van der Waals surface area (Å²) in [7, 11) is -4.15. The molecule has 0 unspecified atom stereocenters. The Kier molecular flexibility index (Phi) is 5.28. The first kappa shape index (κ1) is 22.6. The van der Waals surface area contributed by atoms with E-state index in [1.807, 2.05) is 0 Å². The highest BCUT2D eigenvalue weighted by Crippen LogP contribution is 2.45. The molecule has 0 spiro atoms. The molecule has 172 valence electrons. The van der Waals surface area contributed by atoms with Crippen LogP contribution in [-0.4, -0.2) is 42.6 Å². The maximum Gasteiger partial charge on any atom is 0.416 e. The van der Waals surface area contributed by atoms with Crippen LogP contribution in [0.2, 0.25) is 0 Å². The predicted molar refractivity (Wildman–Crippen MR) is 108 cm³/mol. The van der Waals surface area contributed by atoms with Crippen LogP contribution in [0.25, 0.3) is 0 Å². The number of amides is 1. The number of hydrogen-bond acceptors (Lipinski definition) is 5. The molecule has 2 aromatic carbocycles. The van der Waals surface area contributed by atoms with Crippen LogP contribution in [0.3, 0.4) is 0 Å². The lowest BCUT2D eigenvalue weighted by molar-refractivity contribution is -0.140. The van der Waals surface area contributed by atoms with Gasteiger partial charge in [-0.15, -0.1) is 0 Å². The van der Waals surface area contributed by atoms with Gasteiger partial charge < -0.3 is 14.7 Å². The van der Waals surface area contributed by atoms with Crippen LogP contribution in [0.4, 0.5) is 13.2 Å². The highest BCUT2D eigenvalue weighted by molar-refractivity contribution is 7.91. The fourth-order valence-electron chi connectivity index (χ4n) is 4.17. The van der Waals surface area contributed by atoms with Gasteiger partial charge in [-0.3, -0.25) is 4.79 Å². The topological polar surface area (TPSA) is 83.9 Å². The number of ether oxygens (including phenoxy) is 1. The SMILES string of the molecule is CC1(C)Oc2ccc(S(=O)(=O)c3ccc(C(F)(F)F)cc3)cc2[C@@H](N2CCCC2=O)[C@@H]1O. The molecule has 0 bridgehead atoms. The number of carbonyl (C=O) groups excluding carboxylic acids is 1.